The topological polar surface area (TPSA) is 54.5 Å². The number of aromatic nitrogens is 3. The predicted molar refractivity (Wildman–Crippen MR) is 49.0 cm³/mol. The Morgan fingerprint density at radius 3 is 2.92 bits per heavy atom. The zero-order chi connectivity index (χ0) is 9.68. The second kappa shape index (κ2) is 4.61. The fourth-order valence-corrected chi connectivity index (χ4v) is 1.15. The zero-order valence-corrected chi connectivity index (χ0v) is 8.12. The van der Waals surface area contributed by atoms with E-state index in [1.165, 1.54) is 0 Å². The Bertz CT molecular complexity index is 308. The Morgan fingerprint density at radius 1 is 1.54 bits per heavy atom. The third-order valence-electron chi connectivity index (χ3n) is 2.05. The molecule has 0 aromatic carbocycles. The fourth-order valence-electron chi connectivity index (χ4n) is 1.15. The van der Waals surface area contributed by atoms with Gasteiger partial charge >= 0.3 is 0 Å². The van der Waals surface area contributed by atoms with Crippen LogP contribution in [0.5, 0.6) is 0 Å². The molecule has 0 aliphatic rings. The Morgan fingerprint density at radius 2 is 2.31 bits per heavy atom. The molecule has 13 heavy (non-hydrogen) atoms. The molecule has 4 nitrogen and oxygen atoms in total. The smallest absolute Gasteiger partial charge is 0.0996 e. The molecule has 1 rings (SSSR count). The maximum atomic E-state index is 8.50. The fraction of sp³-hybridized carbons (Fsp3) is 0.667. The van der Waals surface area contributed by atoms with Crippen LogP contribution in [0, 0.1) is 18.3 Å². The SMILES string of the molecule is CCCCn1nnc(CC#N)c1C. The summed E-state index contributed by atoms with van der Waals surface area (Å²) in [4.78, 5) is 0. The van der Waals surface area contributed by atoms with Crippen LogP contribution in [0.4, 0.5) is 0 Å². The minimum atomic E-state index is 0.359. The van der Waals surface area contributed by atoms with Gasteiger partial charge in [0.05, 0.1) is 23.9 Å². The number of nitriles is 1. The molecule has 0 aliphatic carbocycles. The molecule has 1 heterocycles. The summed E-state index contributed by atoms with van der Waals surface area (Å²) in [5.74, 6) is 0. The highest BCUT2D eigenvalue weighted by Gasteiger charge is 2.06. The average molecular weight is 178 g/mol. The third kappa shape index (κ3) is 2.28. The van der Waals surface area contributed by atoms with Crippen molar-refractivity contribution in [3.63, 3.8) is 0 Å². The molecule has 0 saturated carbocycles. The Hall–Kier alpha value is -1.37. The number of rotatable bonds is 4. The van der Waals surface area contributed by atoms with Crippen molar-refractivity contribution in [2.75, 3.05) is 0 Å². The monoisotopic (exact) mass is 178 g/mol. The van der Waals surface area contributed by atoms with Crippen LogP contribution in [0.3, 0.4) is 0 Å². The Kier molecular flexibility index (Phi) is 3.44. The van der Waals surface area contributed by atoms with Crippen LogP contribution < -0.4 is 0 Å². The number of nitrogens with zero attached hydrogens (tertiary/aromatic N) is 4. The second-order valence-electron chi connectivity index (χ2n) is 3.03. The van der Waals surface area contributed by atoms with E-state index in [1.807, 2.05) is 11.6 Å². The van der Waals surface area contributed by atoms with Gasteiger partial charge in [-0.3, -0.25) is 0 Å². The summed E-state index contributed by atoms with van der Waals surface area (Å²) < 4.78 is 1.87. The van der Waals surface area contributed by atoms with Crippen molar-refractivity contribution in [2.45, 2.75) is 39.7 Å². The molecule has 70 valence electrons. The van der Waals surface area contributed by atoms with Gasteiger partial charge in [-0.15, -0.1) is 5.10 Å². The molecule has 0 spiro atoms. The molecule has 0 unspecified atom stereocenters. The third-order valence-corrected chi connectivity index (χ3v) is 2.05. The van der Waals surface area contributed by atoms with Gasteiger partial charge in [0, 0.05) is 6.54 Å². The van der Waals surface area contributed by atoms with Crippen molar-refractivity contribution in [3.8, 4) is 6.07 Å². The zero-order valence-electron chi connectivity index (χ0n) is 8.12. The molecule has 0 bridgehead atoms. The van der Waals surface area contributed by atoms with Crippen LogP contribution in [0.1, 0.15) is 31.2 Å². The van der Waals surface area contributed by atoms with Crippen LogP contribution >= 0.6 is 0 Å². The first-order valence-corrected chi connectivity index (χ1v) is 4.55. The minimum absolute atomic E-state index is 0.359. The maximum Gasteiger partial charge on any atom is 0.0996 e. The van der Waals surface area contributed by atoms with E-state index >= 15 is 0 Å². The van der Waals surface area contributed by atoms with Gasteiger partial charge in [0.15, 0.2) is 0 Å². The van der Waals surface area contributed by atoms with E-state index < -0.39 is 0 Å². The molecule has 0 atom stereocenters. The lowest BCUT2D eigenvalue weighted by Gasteiger charge is -2.00. The summed E-state index contributed by atoms with van der Waals surface area (Å²) in [6, 6.07) is 2.08. The van der Waals surface area contributed by atoms with Crippen LogP contribution in [-0.4, -0.2) is 15.0 Å². The molecule has 0 aliphatic heterocycles. The molecular formula is C9H14N4. The molecule has 0 amide bonds. The summed E-state index contributed by atoms with van der Waals surface area (Å²) in [6.07, 6.45) is 2.61. The normalized spacial score (nSPS) is 9.92. The van der Waals surface area contributed by atoms with Gasteiger partial charge in [0.1, 0.15) is 0 Å². The Labute approximate surface area is 78.2 Å². The van der Waals surface area contributed by atoms with Gasteiger partial charge in [-0.2, -0.15) is 5.26 Å². The van der Waals surface area contributed by atoms with Gasteiger partial charge < -0.3 is 0 Å². The molecule has 0 saturated heterocycles. The second-order valence-corrected chi connectivity index (χ2v) is 3.03. The lowest BCUT2D eigenvalue weighted by molar-refractivity contribution is 0.542. The number of hydrogen-bond donors (Lipinski definition) is 0. The first-order valence-electron chi connectivity index (χ1n) is 4.55. The van der Waals surface area contributed by atoms with E-state index in [0.29, 0.717) is 6.42 Å². The molecule has 0 fully saturated rings. The van der Waals surface area contributed by atoms with Crippen molar-refractivity contribution >= 4 is 0 Å². The van der Waals surface area contributed by atoms with Crippen LogP contribution in [0.2, 0.25) is 0 Å². The van der Waals surface area contributed by atoms with Gasteiger partial charge in [0.25, 0.3) is 0 Å². The average Bonchev–Trinajstić information content (AvgIpc) is 2.46. The highest BCUT2D eigenvalue weighted by atomic mass is 15.4. The molecule has 1 aromatic heterocycles. The van der Waals surface area contributed by atoms with E-state index in [1.54, 1.807) is 0 Å². The van der Waals surface area contributed by atoms with Crippen molar-refractivity contribution in [2.24, 2.45) is 0 Å². The summed E-state index contributed by atoms with van der Waals surface area (Å²) in [7, 11) is 0. The maximum absolute atomic E-state index is 8.50. The van der Waals surface area contributed by atoms with Gasteiger partial charge in [0.2, 0.25) is 0 Å². The predicted octanol–water partition coefficient (Wildman–Crippen LogP) is 1.45. The van der Waals surface area contributed by atoms with Gasteiger partial charge in [-0.05, 0) is 13.3 Å². The molecular weight excluding hydrogens is 164 g/mol. The van der Waals surface area contributed by atoms with Crippen molar-refractivity contribution in [3.05, 3.63) is 11.4 Å². The highest BCUT2D eigenvalue weighted by molar-refractivity contribution is 5.11. The van der Waals surface area contributed by atoms with Crippen LogP contribution in [-0.2, 0) is 13.0 Å². The minimum Gasteiger partial charge on any atom is -0.249 e. The largest absolute Gasteiger partial charge is 0.249 e. The van der Waals surface area contributed by atoms with Crippen LogP contribution in [0.15, 0.2) is 0 Å². The van der Waals surface area contributed by atoms with Crippen molar-refractivity contribution in [1.82, 2.24) is 15.0 Å². The van der Waals surface area contributed by atoms with E-state index in [0.717, 1.165) is 30.8 Å². The molecule has 4 heteroatoms. The van der Waals surface area contributed by atoms with E-state index in [2.05, 4.69) is 23.3 Å². The van der Waals surface area contributed by atoms with E-state index in [9.17, 15) is 0 Å². The lowest BCUT2D eigenvalue weighted by atomic mass is 10.2. The van der Waals surface area contributed by atoms with E-state index in [4.69, 9.17) is 5.26 Å². The lowest BCUT2D eigenvalue weighted by Crippen LogP contribution is -2.02. The first kappa shape index (κ1) is 9.72. The summed E-state index contributed by atoms with van der Waals surface area (Å²) in [6.45, 7) is 5.01. The number of aryl methyl sites for hydroxylation is 1. The first-order chi connectivity index (χ1) is 6.29. The van der Waals surface area contributed by atoms with Crippen molar-refractivity contribution in [1.29, 1.82) is 5.26 Å². The van der Waals surface area contributed by atoms with Gasteiger partial charge in [-0.25, -0.2) is 4.68 Å². The molecule has 0 N–H and O–H groups in total. The quantitative estimate of drug-likeness (QED) is 0.701. The van der Waals surface area contributed by atoms with Crippen LogP contribution in [0.25, 0.3) is 0 Å². The van der Waals surface area contributed by atoms with Gasteiger partial charge in [-0.1, -0.05) is 18.6 Å². The number of hydrogen-bond acceptors (Lipinski definition) is 3. The Balaban J connectivity index is 2.69. The van der Waals surface area contributed by atoms with Crippen molar-refractivity contribution < 1.29 is 0 Å². The summed E-state index contributed by atoms with van der Waals surface area (Å²) in [5, 5.41) is 16.4. The standard InChI is InChI=1S/C9H14N4/c1-3-4-7-13-8(2)9(5-6-10)11-12-13/h3-5,7H2,1-2H3. The molecule has 0 radical (unpaired) electrons. The molecule has 1 aromatic rings. The summed E-state index contributed by atoms with van der Waals surface area (Å²) in [5.41, 5.74) is 1.83. The number of unbranched alkanes of at least 4 members (excludes halogenated alkanes) is 1. The highest BCUT2D eigenvalue weighted by Crippen LogP contribution is 2.05. The van der Waals surface area contributed by atoms with E-state index in [-0.39, 0.29) is 0 Å². The summed E-state index contributed by atoms with van der Waals surface area (Å²) >= 11 is 0.